The van der Waals surface area contributed by atoms with Crippen LogP contribution in [0.15, 0.2) is 12.7 Å². The van der Waals surface area contributed by atoms with Crippen molar-refractivity contribution in [3.8, 4) is 0 Å². The summed E-state index contributed by atoms with van der Waals surface area (Å²) in [5.41, 5.74) is 0. The second-order valence-corrected chi connectivity index (χ2v) is 2.59. The van der Waals surface area contributed by atoms with Crippen molar-refractivity contribution in [3.63, 3.8) is 0 Å². The number of rotatable bonds is 6. The molecule has 0 rings (SSSR count). The second kappa shape index (κ2) is 7.56. The van der Waals surface area contributed by atoms with Crippen LogP contribution < -0.4 is 5.32 Å². The van der Waals surface area contributed by atoms with Gasteiger partial charge in [-0.15, -0.1) is 6.58 Å². The topological polar surface area (TPSA) is 29.1 Å². The van der Waals surface area contributed by atoms with Gasteiger partial charge in [0.2, 0.25) is 6.41 Å². The molecule has 0 aliphatic heterocycles. The number of carbonyl (C=O) groups excluding carboxylic acids is 1. The van der Waals surface area contributed by atoms with E-state index in [2.05, 4.69) is 11.9 Å². The Kier molecular flexibility index (Phi) is 7.19. The average Bonchev–Trinajstić information content (AvgIpc) is 1.89. The van der Waals surface area contributed by atoms with E-state index in [0.29, 0.717) is 6.41 Å². The number of hydrogen-bond acceptors (Lipinski definition) is 2. The van der Waals surface area contributed by atoms with Crippen LogP contribution in [0.5, 0.6) is 0 Å². The van der Waals surface area contributed by atoms with E-state index < -0.39 is 0 Å². The normalized spacial score (nSPS) is 8.44. The zero-order valence-electron chi connectivity index (χ0n) is 5.30. The van der Waals surface area contributed by atoms with Crippen LogP contribution in [0, 0.1) is 0 Å². The summed E-state index contributed by atoms with van der Waals surface area (Å²) >= 11 is 1.75. The summed E-state index contributed by atoms with van der Waals surface area (Å²) in [6.45, 7) is 4.32. The summed E-state index contributed by atoms with van der Waals surface area (Å²) in [6.07, 6.45) is 2.57. The Balaban J connectivity index is 2.74. The molecule has 0 radical (unpaired) electrons. The fourth-order valence-corrected chi connectivity index (χ4v) is 0.952. The van der Waals surface area contributed by atoms with E-state index >= 15 is 0 Å². The van der Waals surface area contributed by atoms with E-state index in [-0.39, 0.29) is 0 Å². The van der Waals surface area contributed by atoms with Gasteiger partial charge in [-0.2, -0.15) is 11.8 Å². The molecule has 1 amide bonds. The van der Waals surface area contributed by atoms with Gasteiger partial charge in [0.15, 0.2) is 0 Å². The quantitative estimate of drug-likeness (QED) is 0.338. The standard InChI is InChI=1S/C6H11NOS/c1-2-4-9-5-3-7-6-8/h2,6H,1,3-5H2,(H,7,8). The molecular weight excluding hydrogens is 134 g/mol. The molecular formula is C6H11NOS. The molecule has 2 nitrogen and oxygen atoms in total. The number of hydrogen-bond donors (Lipinski definition) is 1. The lowest BCUT2D eigenvalue weighted by Gasteiger charge is -1.94. The number of carbonyl (C=O) groups is 1. The molecule has 0 aromatic rings. The number of nitrogens with one attached hydrogen (secondary N) is 1. The van der Waals surface area contributed by atoms with Crippen molar-refractivity contribution in [2.75, 3.05) is 18.1 Å². The largest absolute Gasteiger partial charge is 0.358 e. The van der Waals surface area contributed by atoms with E-state index in [9.17, 15) is 4.79 Å². The minimum atomic E-state index is 0.717. The van der Waals surface area contributed by atoms with Crippen LogP contribution in [0.4, 0.5) is 0 Å². The van der Waals surface area contributed by atoms with Gasteiger partial charge in [-0.3, -0.25) is 4.79 Å². The summed E-state index contributed by atoms with van der Waals surface area (Å²) < 4.78 is 0. The summed E-state index contributed by atoms with van der Waals surface area (Å²) in [6, 6.07) is 0. The minimum Gasteiger partial charge on any atom is -0.358 e. The van der Waals surface area contributed by atoms with Crippen molar-refractivity contribution in [1.82, 2.24) is 5.32 Å². The number of amides is 1. The van der Waals surface area contributed by atoms with Crippen LogP contribution in [0.1, 0.15) is 0 Å². The van der Waals surface area contributed by atoms with Gasteiger partial charge in [0.25, 0.3) is 0 Å². The van der Waals surface area contributed by atoms with Gasteiger partial charge in [0, 0.05) is 18.1 Å². The van der Waals surface area contributed by atoms with Crippen molar-refractivity contribution in [3.05, 3.63) is 12.7 Å². The molecule has 0 saturated carbocycles. The first-order chi connectivity index (χ1) is 4.41. The van der Waals surface area contributed by atoms with Crippen molar-refractivity contribution in [1.29, 1.82) is 0 Å². The molecule has 0 heterocycles. The molecule has 0 spiro atoms. The molecule has 0 aliphatic carbocycles. The highest BCUT2D eigenvalue weighted by Gasteiger charge is 1.82. The van der Waals surface area contributed by atoms with Gasteiger partial charge in [-0.05, 0) is 0 Å². The third-order valence-corrected chi connectivity index (χ3v) is 1.67. The Bertz CT molecular complexity index is 75.1. The van der Waals surface area contributed by atoms with Gasteiger partial charge in [-0.25, -0.2) is 0 Å². The third-order valence-electron chi connectivity index (χ3n) is 0.710. The van der Waals surface area contributed by atoms with Crippen molar-refractivity contribution in [2.45, 2.75) is 0 Å². The maximum Gasteiger partial charge on any atom is 0.207 e. The van der Waals surface area contributed by atoms with Crippen LogP contribution in [0.3, 0.4) is 0 Å². The lowest BCUT2D eigenvalue weighted by atomic mass is 10.7. The van der Waals surface area contributed by atoms with Crippen LogP contribution in [0.25, 0.3) is 0 Å². The maximum atomic E-state index is 9.70. The van der Waals surface area contributed by atoms with Crippen LogP contribution >= 0.6 is 11.8 Å². The van der Waals surface area contributed by atoms with E-state index in [1.807, 2.05) is 6.08 Å². The van der Waals surface area contributed by atoms with E-state index in [4.69, 9.17) is 0 Å². The smallest absolute Gasteiger partial charge is 0.207 e. The Morgan fingerprint density at radius 3 is 3.00 bits per heavy atom. The first-order valence-corrected chi connectivity index (χ1v) is 3.93. The molecule has 0 unspecified atom stereocenters. The lowest BCUT2D eigenvalue weighted by molar-refractivity contribution is -0.109. The Morgan fingerprint density at radius 2 is 2.44 bits per heavy atom. The highest BCUT2D eigenvalue weighted by Crippen LogP contribution is 1.96. The molecule has 0 atom stereocenters. The van der Waals surface area contributed by atoms with Crippen LogP contribution in [-0.2, 0) is 4.79 Å². The molecule has 0 aromatic heterocycles. The first-order valence-electron chi connectivity index (χ1n) is 2.77. The van der Waals surface area contributed by atoms with E-state index in [0.717, 1.165) is 18.1 Å². The number of thioether (sulfide) groups is 1. The third kappa shape index (κ3) is 7.56. The van der Waals surface area contributed by atoms with Gasteiger partial charge in [-0.1, -0.05) is 6.08 Å². The summed E-state index contributed by atoms with van der Waals surface area (Å²) in [5, 5.41) is 2.57. The Morgan fingerprint density at radius 1 is 1.67 bits per heavy atom. The Labute approximate surface area is 59.7 Å². The summed E-state index contributed by atoms with van der Waals surface area (Å²) in [5.74, 6) is 1.92. The molecule has 0 saturated heterocycles. The van der Waals surface area contributed by atoms with Crippen molar-refractivity contribution < 1.29 is 4.79 Å². The van der Waals surface area contributed by atoms with Crippen LogP contribution in [-0.4, -0.2) is 24.5 Å². The summed E-state index contributed by atoms with van der Waals surface area (Å²) in [4.78, 5) is 9.70. The molecule has 3 heteroatoms. The molecule has 9 heavy (non-hydrogen) atoms. The predicted molar refractivity (Wildman–Crippen MR) is 41.6 cm³/mol. The maximum absolute atomic E-state index is 9.70. The van der Waals surface area contributed by atoms with Gasteiger partial charge >= 0.3 is 0 Å². The van der Waals surface area contributed by atoms with E-state index in [1.54, 1.807) is 11.8 Å². The molecule has 1 N–H and O–H groups in total. The average molecular weight is 145 g/mol. The summed E-state index contributed by atoms with van der Waals surface area (Å²) in [7, 11) is 0. The zero-order chi connectivity index (χ0) is 6.95. The molecule has 0 aromatic carbocycles. The molecule has 0 aliphatic rings. The first kappa shape index (κ1) is 8.56. The van der Waals surface area contributed by atoms with E-state index in [1.165, 1.54) is 0 Å². The lowest BCUT2D eigenvalue weighted by Crippen LogP contribution is -2.13. The van der Waals surface area contributed by atoms with Gasteiger partial charge < -0.3 is 5.32 Å². The second-order valence-electron chi connectivity index (χ2n) is 1.44. The molecule has 52 valence electrons. The van der Waals surface area contributed by atoms with Crippen molar-refractivity contribution in [2.24, 2.45) is 0 Å². The highest BCUT2D eigenvalue weighted by molar-refractivity contribution is 7.99. The van der Waals surface area contributed by atoms with Gasteiger partial charge in [0.05, 0.1) is 0 Å². The predicted octanol–water partition coefficient (Wildman–Crippen LogP) is 0.652. The zero-order valence-corrected chi connectivity index (χ0v) is 6.12. The SMILES string of the molecule is C=CCSCCNC=O. The fourth-order valence-electron chi connectivity index (χ4n) is 0.357. The monoisotopic (exact) mass is 145 g/mol. The van der Waals surface area contributed by atoms with Crippen molar-refractivity contribution >= 4 is 18.2 Å². The fraction of sp³-hybridized carbons (Fsp3) is 0.500. The minimum absolute atomic E-state index is 0.717. The van der Waals surface area contributed by atoms with Gasteiger partial charge in [0.1, 0.15) is 0 Å². The van der Waals surface area contributed by atoms with Crippen LogP contribution in [0.2, 0.25) is 0 Å². The molecule has 0 fully saturated rings. The highest BCUT2D eigenvalue weighted by atomic mass is 32.2. The molecule has 0 bridgehead atoms. The Hall–Kier alpha value is -0.440.